The van der Waals surface area contributed by atoms with Crippen molar-refractivity contribution in [3.8, 4) is 11.8 Å². The van der Waals surface area contributed by atoms with Crippen LogP contribution >= 0.6 is 23.5 Å². The van der Waals surface area contributed by atoms with E-state index in [0.717, 1.165) is 16.9 Å². The van der Waals surface area contributed by atoms with E-state index in [4.69, 9.17) is 0 Å². The van der Waals surface area contributed by atoms with Gasteiger partial charge in [0, 0.05) is 34.5 Å². The van der Waals surface area contributed by atoms with Gasteiger partial charge in [0.1, 0.15) is 0 Å². The van der Waals surface area contributed by atoms with Crippen molar-refractivity contribution in [2.45, 2.75) is 49.7 Å². The Morgan fingerprint density at radius 2 is 2.12 bits per heavy atom. The van der Waals surface area contributed by atoms with Crippen LogP contribution in [0.3, 0.4) is 0 Å². The van der Waals surface area contributed by atoms with E-state index < -0.39 is 0 Å². The van der Waals surface area contributed by atoms with Crippen LogP contribution in [0.5, 0.6) is 0 Å². The second-order valence-electron chi connectivity index (χ2n) is 4.01. The first-order chi connectivity index (χ1) is 7.83. The molecule has 1 fully saturated rings. The molecular formula is C13H23NS2. The summed E-state index contributed by atoms with van der Waals surface area (Å²) in [5.41, 5.74) is 0. The van der Waals surface area contributed by atoms with Crippen LogP contribution in [0.2, 0.25) is 0 Å². The van der Waals surface area contributed by atoms with Gasteiger partial charge in [0.2, 0.25) is 0 Å². The molecular weight excluding hydrogens is 234 g/mol. The molecule has 0 aromatic carbocycles. The highest BCUT2D eigenvalue weighted by Gasteiger charge is 2.30. The van der Waals surface area contributed by atoms with Crippen molar-refractivity contribution in [3.63, 3.8) is 0 Å². The van der Waals surface area contributed by atoms with Crippen molar-refractivity contribution in [3.05, 3.63) is 0 Å². The fourth-order valence-corrected chi connectivity index (χ4v) is 5.48. The Balaban J connectivity index is 2.50. The number of hydrogen-bond donors (Lipinski definition) is 1. The van der Waals surface area contributed by atoms with Gasteiger partial charge >= 0.3 is 0 Å². The zero-order valence-corrected chi connectivity index (χ0v) is 12.2. The quantitative estimate of drug-likeness (QED) is 0.761. The van der Waals surface area contributed by atoms with Gasteiger partial charge in [0.15, 0.2) is 0 Å². The molecule has 3 atom stereocenters. The summed E-state index contributed by atoms with van der Waals surface area (Å²) in [5, 5.41) is 5.09. The molecule has 1 nitrogen and oxygen atoms in total. The summed E-state index contributed by atoms with van der Waals surface area (Å²) < 4.78 is 0. The average molecular weight is 257 g/mol. The first-order valence-corrected chi connectivity index (χ1v) is 8.23. The van der Waals surface area contributed by atoms with Crippen LogP contribution in [0.4, 0.5) is 0 Å². The predicted octanol–water partition coefficient (Wildman–Crippen LogP) is 3.01. The van der Waals surface area contributed by atoms with Crippen LogP contribution in [-0.2, 0) is 0 Å². The third-order valence-corrected chi connectivity index (χ3v) is 6.43. The summed E-state index contributed by atoms with van der Waals surface area (Å²) in [6.45, 7) is 4.24. The fourth-order valence-electron chi connectivity index (χ4n) is 2.14. The normalized spacial score (nSPS) is 26.9. The van der Waals surface area contributed by atoms with E-state index >= 15 is 0 Å². The van der Waals surface area contributed by atoms with Crippen molar-refractivity contribution >= 4 is 23.5 Å². The van der Waals surface area contributed by atoms with Gasteiger partial charge in [-0.15, -0.1) is 11.8 Å². The van der Waals surface area contributed by atoms with Crippen LogP contribution < -0.4 is 5.32 Å². The van der Waals surface area contributed by atoms with Gasteiger partial charge in [-0.25, -0.2) is 0 Å². The Labute approximate surface area is 109 Å². The topological polar surface area (TPSA) is 12.0 Å². The maximum absolute atomic E-state index is 3.49. The SMILES string of the molecule is CC#CCCC(NC)C1SCCSC1CC. The smallest absolute Gasteiger partial charge is 0.0320 e. The third kappa shape index (κ3) is 4.24. The van der Waals surface area contributed by atoms with Crippen molar-refractivity contribution < 1.29 is 0 Å². The Morgan fingerprint density at radius 1 is 1.38 bits per heavy atom. The molecule has 16 heavy (non-hydrogen) atoms. The number of rotatable bonds is 5. The van der Waals surface area contributed by atoms with Crippen molar-refractivity contribution in [1.29, 1.82) is 0 Å². The van der Waals surface area contributed by atoms with Gasteiger partial charge in [0.05, 0.1) is 0 Å². The average Bonchev–Trinajstić information content (AvgIpc) is 2.35. The van der Waals surface area contributed by atoms with Crippen molar-refractivity contribution in [2.75, 3.05) is 18.6 Å². The lowest BCUT2D eigenvalue weighted by molar-refractivity contribution is 0.494. The maximum atomic E-state index is 3.49. The Bertz CT molecular complexity index is 244. The molecule has 0 bridgehead atoms. The predicted molar refractivity (Wildman–Crippen MR) is 78.3 cm³/mol. The van der Waals surface area contributed by atoms with Gasteiger partial charge in [-0.05, 0) is 26.8 Å². The maximum Gasteiger partial charge on any atom is 0.0320 e. The first-order valence-electron chi connectivity index (χ1n) is 6.13. The van der Waals surface area contributed by atoms with Crippen LogP contribution in [0.25, 0.3) is 0 Å². The highest BCUT2D eigenvalue weighted by atomic mass is 32.2. The monoisotopic (exact) mass is 257 g/mol. The second kappa shape index (κ2) is 8.33. The molecule has 1 saturated heterocycles. The van der Waals surface area contributed by atoms with Gasteiger partial charge in [-0.1, -0.05) is 6.92 Å². The van der Waals surface area contributed by atoms with Gasteiger partial charge in [-0.2, -0.15) is 23.5 Å². The molecule has 92 valence electrons. The third-order valence-electron chi connectivity index (χ3n) is 3.02. The molecule has 0 spiro atoms. The van der Waals surface area contributed by atoms with Crippen LogP contribution in [0, 0.1) is 11.8 Å². The Hall–Kier alpha value is 0.220. The molecule has 1 heterocycles. The minimum absolute atomic E-state index is 0.628. The van der Waals surface area contributed by atoms with E-state index in [1.165, 1.54) is 24.3 Å². The molecule has 0 amide bonds. The molecule has 0 aromatic rings. The van der Waals surface area contributed by atoms with E-state index in [9.17, 15) is 0 Å². The van der Waals surface area contributed by atoms with Crippen LogP contribution in [-0.4, -0.2) is 35.1 Å². The van der Waals surface area contributed by atoms with E-state index in [-0.39, 0.29) is 0 Å². The summed E-state index contributed by atoms with van der Waals surface area (Å²) in [6.07, 6.45) is 3.51. The van der Waals surface area contributed by atoms with E-state index in [1.54, 1.807) is 0 Å². The Morgan fingerprint density at radius 3 is 2.75 bits per heavy atom. The van der Waals surface area contributed by atoms with Gasteiger partial charge in [0.25, 0.3) is 0 Å². The molecule has 1 aliphatic rings. The first kappa shape index (κ1) is 14.3. The van der Waals surface area contributed by atoms with E-state index in [1.807, 2.05) is 6.92 Å². The van der Waals surface area contributed by atoms with Crippen LogP contribution in [0.15, 0.2) is 0 Å². The van der Waals surface area contributed by atoms with Gasteiger partial charge < -0.3 is 5.32 Å². The lowest BCUT2D eigenvalue weighted by Gasteiger charge is -2.35. The van der Waals surface area contributed by atoms with Crippen molar-refractivity contribution in [2.24, 2.45) is 0 Å². The zero-order chi connectivity index (χ0) is 11.8. The summed E-state index contributed by atoms with van der Waals surface area (Å²) >= 11 is 4.31. The van der Waals surface area contributed by atoms with Crippen molar-refractivity contribution in [1.82, 2.24) is 5.32 Å². The minimum Gasteiger partial charge on any atom is -0.316 e. The Kier molecular flexibility index (Phi) is 7.44. The lowest BCUT2D eigenvalue weighted by atomic mass is 10.0. The molecule has 0 aliphatic carbocycles. The molecule has 1 rings (SSSR count). The molecule has 0 saturated carbocycles. The highest BCUT2D eigenvalue weighted by Crippen LogP contribution is 2.36. The lowest BCUT2D eigenvalue weighted by Crippen LogP contribution is -2.43. The van der Waals surface area contributed by atoms with E-state index in [2.05, 4.69) is 54.7 Å². The molecule has 1 aliphatic heterocycles. The zero-order valence-electron chi connectivity index (χ0n) is 10.6. The minimum atomic E-state index is 0.628. The second-order valence-corrected chi connectivity index (χ2v) is 6.65. The number of thioether (sulfide) groups is 2. The fraction of sp³-hybridized carbons (Fsp3) is 0.846. The molecule has 0 aromatic heterocycles. The standard InChI is InChI=1S/C13H23NS2/c1-4-6-7-8-11(14-3)13-12(5-2)15-9-10-16-13/h11-14H,5,7-10H2,1-3H3. The summed E-state index contributed by atoms with van der Waals surface area (Å²) in [5.74, 6) is 8.80. The molecule has 0 radical (unpaired) electrons. The van der Waals surface area contributed by atoms with Gasteiger partial charge in [-0.3, -0.25) is 0 Å². The summed E-state index contributed by atoms with van der Waals surface area (Å²) in [7, 11) is 2.09. The number of hydrogen-bond acceptors (Lipinski definition) is 3. The summed E-state index contributed by atoms with van der Waals surface area (Å²) in [6, 6.07) is 0.628. The number of nitrogens with one attached hydrogen (secondary N) is 1. The van der Waals surface area contributed by atoms with Crippen LogP contribution in [0.1, 0.15) is 33.1 Å². The molecule has 3 heteroatoms. The summed E-state index contributed by atoms with van der Waals surface area (Å²) in [4.78, 5) is 0. The largest absolute Gasteiger partial charge is 0.316 e. The molecule has 3 unspecified atom stereocenters. The van der Waals surface area contributed by atoms with E-state index in [0.29, 0.717) is 6.04 Å². The highest BCUT2D eigenvalue weighted by molar-refractivity contribution is 8.07. The molecule has 1 N–H and O–H groups in total.